The van der Waals surface area contributed by atoms with Crippen molar-refractivity contribution in [1.29, 1.82) is 0 Å². The Bertz CT molecular complexity index is 736. The van der Waals surface area contributed by atoms with Gasteiger partial charge in [0.2, 0.25) is 0 Å². The monoisotopic (exact) mass is 325 g/mol. The maximum Gasteiger partial charge on any atom is 0.267 e. The summed E-state index contributed by atoms with van der Waals surface area (Å²) in [5.41, 5.74) is 0.859. The fraction of sp³-hybridized carbons (Fsp3) is 0.333. The predicted molar refractivity (Wildman–Crippen MR) is 82.0 cm³/mol. The molecule has 1 N–H and O–H groups in total. The topological polar surface area (TPSA) is 77.8 Å². The largest absolute Gasteiger partial charge is 0.493 e. The standard InChI is InChI=1S/C15H19NO5S/c1-20-14-6-5-13(10-15(14)21-2)22(18,19)16-8-7-12(11-16)4-3-9-17/h5-8,10-11,17H,3-4,9H2,1-2H3. The zero-order valence-electron chi connectivity index (χ0n) is 12.5. The summed E-state index contributed by atoms with van der Waals surface area (Å²) in [6.45, 7) is 0.0770. The van der Waals surface area contributed by atoms with Crippen LogP contribution in [-0.2, 0) is 16.4 Å². The SMILES string of the molecule is COc1ccc(S(=O)(=O)n2ccc(CCCO)c2)cc1OC. The minimum Gasteiger partial charge on any atom is -0.493 e. The van der Waals surface area contributed by atoms with Crippen molar-refractivity contribution >= 4 is 10.0 Å². The maximum atomic E-state index is 12.6. The number of methoxy groups -OCH3 is 2. The molecule has 1 heterocycles. The van der Waals surface area contributed by atoms with E-state index in [-0.39, 0.29) is 11.5 Å². The first-order chi connectivity index (χ1) is 10.5. The predicted octanol–water partition coefficient (Wildman–Crippen LogP) is 1.67. The molecule has 0 spiro atoms. The van der Waals surface area contributed by atoms with Crippen LogP contribution in [0.1, 0.15) is 12.0 Å². The number of rotatable bonds is 7. The number of ether oxygens (including phenoxy) is 2. The molecule has 1 aromatic heterocycles. The van der Waals surface area contributed by atoms with Gasteiger partial charge >= 0.3 is 0 Å². The van der Waals surface area contributed by atoms with Crippen molar-refractivity contribution in [2.45, 2.75) is 17.7 Å². The van der Waals surface area contributed by atoms with Crippen LogP contribution in [-0.4, -0.2) is 38.3 Å². The van der Waals surface area contributed by atoms with Crippen LogP contribution in [0, 0.1) is 0 Å². The Balaban J connectivity index is 2.35. The second-order valence-corrected chi connectivity index (χ2v) is 6.54. The van der Waals surface area contributed by atoms with E-state index in [0.29, 0.717) is 24.3 Å². The van der Waals surface area contributed by atoms with Crippen LogP contribution < -0.4 is 9.47 Å². The minimum absolute atomic E-state index is 0.0770. The van der Waals surface area contributed by atoms with Gasteiger partial charge in [-0.2, -0.15) is 0 Å². The van der Waals surface area contributed by atoms with Crippen LogP contribution in [0.4, 0.5) is 0 Å². The van der Waals surface area contributed by atoms with Crippen molar-refractivity contribution in [2.24, 2.45) is 0 Å². The van der Waals surface area contributed by atoms with Gasteiger partial charge in [-0.05, 0) is 36.6 Å². The van der Waals surface area contributed by atoms with E-state index in [1.165, 1.54) is 36.5 Å². The molecule has 2 rings (SSSR count). The molecule has 0 atom stereocenters. The molecule has 7 heteroatoms. The van der Waals surface area contributed by atoms with Gasteiger partial charge in [-0.25, -0.2) is 12.4 Å². The molecule has 120 valence electrons. The number of aryl methyl sites for hydroxylation is 1. The van der Waals surface area contributed by atoms with Crippen molar-refractivity contribution in [3.63, 3.8) is 0 Å². The second kappa shape index (κ2) is 6.85. The third kappa shape index (κ3) is 3.26. The summed E-state index contributed by atoms with van der Waals surface area (Å²) in [5.74, 6) is 0.828. The highest BCUT2D eigenvalue weighted by molar-refractivity contribution is 7.90. The van der Waals surface area contributed by atoms with Crippen LogP contribution >= 0.6 is 0 Å². The van der Waals surface area contributed by atoms with Crippen LogP contribution in [0.5, 0.6) is 11.5 Å². The number of benzene rings is 1. The highest BCUT2D eigenvalue weighted by Gasteiger charge is 2.19. The van der Waals surface area contributed by atoms with Crippen LogP contribution in [0.3, 0.4) is 0 Å². The van der Waals surface area contributed by atoms with E-state index in [4.69, 9.17) is 14.6 Å². The number of hydrogen-bond donors (Lipinski definition) is 1. The first-order valence-electron chi connectivity index (χ1n) is 6.78. The molecular weight excluding hydrogens is 306 g/mol. The van der Waals surface area contributed by atoms with E-state index in [1.807, 2.05) is 0 Å². The zero-order valence-corrected chi connectivity index (χ0v) is 13.3. The highest BCUT2D eigenvalue weighted by Crippen LogP contribution is 2.30. The molecule has 22 heavy (non-hydrogen) atoms. The van der Waals surface area contributed by atoms with Crippen molar-refractivity contribution in [1.82, 2.24) is 3.97 Å². The molecule has 1 aromatic carbocycles. The van der Waals surface area contributed by atoms with Gasteiger partial charge in [0.25, 0.3) is 10.0 Å². The number of aromatic nitrogens is 1. The van der Waals surface area contributed by atoms with E-state index in [0.717, 1.165) is 5.56 Å². The first kappa shape index (κ1) is 16.4. The van der Waals surface area contributed by atoms with Gasteiger partial charge in [-0.3, -0.25) is 0 Å². The Hall–Kier alpha value is -1.99. The molecule has 0 aliphatic heterocycles. The molecular formula is C15H19NO5S. The third-order valence-electron chi connectivity index (χ3n) is 3.28. The maximum absolute atomic E-state index is 12.6. The molecule has 0 saturated carbocycles. The molecule has 0 bridgehead atoms. The highest BCUT2D eigenvalue weighted by atomic mass is 32.2. The molecule has 0 saturated heterocycles. The second-order valence-electron chi connectivity index (χ2n) is 4.70. The lowest BCUT2D eigenvalue weighted by molar-refractivity contribution is 0.288. The van der Waals surface area contributed by atoms with Crippen molar-refractivity contribution in [3.8, 4) is 11.5 Å². The van der Waals surface area contributed by atoms with E-state index >= 15 is 0 Å². The third-order valence-corrected chi connectivity index (χ3v) is 4.91. The van der Waals surface area contributed by atoms with E-state index in [2.05, 4.69) is 0 Å². The zero-order chi connectivity index (χ0) is 16.2. The quantitative estimate of drug-likeness (QED) is 0.838. The normalized spacial score (nSPS) is 11.4. The summed E-state index contributed by atoms with van der Waals surface area (Å²) in [4.78, 5) is 0.120. The Morgan fingerprint density at radius 1 is 1.14 bits per heavy atom. The lowest BCUT2D eigenvalue weighted by atomic mass is 10.2. The molecule has 0 amide bonds. The first-order valence-corrected chi connectivity index (χ1v) is 8.22. The molecule has 0 aliphatic rings. The molecule has 0 aliphatic carbocycles. The number of aliphatic hydroxyl groups excluding tert-OH is 1. The van der Waals surface area contributed by atoms with Crippen molar-refractivity contribution < 1.29 is 23.0 Å². The van der Waals surface area contributed by atoms with Crippen molar-refractivity contribution in [2.75, 3.05) is 20.8 Å². The van der Waals surface area contributed by atoms with Gasteiger partial charge in [0.05, 0.1) is 19.1 Å². The minimum atomic E-state index is -3.68. The van der Waals surface area contributed by atoms with Gasteiger partial charge < -0.3 is 14.6 Å². The molecule has 0 radical (unpaired) electrons. The fourth-order valence-corrected chi connectivity index (χ4v) is 3.33. The average Bonchev–Trinajstić information content (AvgIpc) is 3.01. The molecule has 2 aromatic rings. The Morgan fingerprint density at radius 3 is 2.50 bits per heavy atom. The summed E-state index contributed by atoms with van der Waals surface area (Å²) < 4.78 is 36.6. The number of hydrogen-bond acceptors (Lipinski definition) is 5. The van der Waals surface area contributed by atoms with E-state index in [1.54, 1.807) is 18.3 Å². The van der Waals surface area contributed by atoms with Crippen LogP contribution in [0.2, 0.25) is 0 Å². The smallest absolute Gasteiger partial charge is 0.267 e. The van der Waals surface area contributed by atoms with Crippen LogP contribution in [0.15, 0.2) is 41.6 Å². The average molecular weight is 325 g/mol. The number of nitrogens with zero attached hydrogens (tertiary/aromatic N) is 1. The van der Waals surface area contributed by atoms with E-state index < -0.39 is 10.0 Å². The van der Waals surface area contributed by atoms with Crippen molar-refractivity contribution in [3.05, 3.63) is 42.2 Å². The van der Waals surface area contributed by atoms with Gasteiger partial charge in [0.1, 0.15) is 0 Å². The molecule has 0 unspecified atom stereocenters. The van der Waals surface area contributed by atoms with E-state index in [9.17, 15) is 8.42 Å². The number of aliphatic hydroxyl groups is 1. The van der Waals surface area contributed by atoms with Crippen LogP contribution in [0.25, 0.3) is 0 Å². The fourth-order valence-electron chi connectivity index (χ4n) is 2.10. The summed E-state index contributed by atoms with van der Waals surface area (Å²) in [6, 6.07) is 6.20. The van der Waals surface area contributed by atoms with Gasteiger partial charge in [-0.1, -0.05) is 0 Å². The van der Waals surface area contributed by atoms with Gasteiger partial charge in [-0.15, -0.1) is 0 Å². The van der Waals surface area contributed by atoms with Gasteiger partial charge in [0.15, 0.2) is 11.5 Å². The summed E-state index contributed by atoms with van der Waals surface area (Å²) in [6.07, 6.45) is 4.28. The van der Waals surface area contributed by atoms with Gasteiger partial charge in [0, 0.05) is 25.1 Å². The lowest BCUT2D eigenvalue weighted by Gasteiger charge is -2.10. The lowest BCUT2D eigenvalue weighted by Crippen LogP contribution is -2.11. The Kier molecular flexibility index (Phi) is 5.10. The summed E-state index contributed by atoms with van der Waals surface area (Å²) in [7, 11) is -0.735. The Morgan fingerprint density at radius 2 is 1.86 bits per heavy atom. The molecule has 0 fully saturated rings. The Labute approximate surface area is 130 Å². The summed E-state index contributed by atoms with van der Waals surface area (Å²) in [5, 5.41) is 8.83. The molecule has 6 nitrogen and oxygen atoms in total. The summed E-state index contributed by atoms with van der Waals surface area (Å²) >= 11 is 0.